The highest BCUT2D eigenvalue weighted by molar-refractivity contribution is 7.07. The van der Waals surface area contributed by atoms with E-state index in [9.17, 15) is 9.59 Å². The molecule has 0 saturated heterocycles. The highest BCUT2D eigenvalue weighted by atomic mass is 32.1. The number of nitrogens with one attached hydrogen (secondary N) is 1. The molecule has 0 unspecified atom stereocenters. The molecule has 0 aliphatic carbocycles. The molecule has 4 nitrogen and oxygen atoms in total. The lowest BCUT2D eigenvalue weighted by Gasteiger charge is -2.16. The lowest BCUT2D eigenvalue weighted by atomic mass is 10.1. The number of rotatable bonds is 4. The van der Waals surface area contributed by atoms with Crippen LogP contribution in [-0.2, 0) is 6.54 Å². The molecule has 1 amide bonds. The van der Waals surface area contributed by atoms with Gasteiger partial charge < -0.3 is 9.88 Å². The number of hydrogen-bond donors (Lipinski definition) is 1. The summed E-state index contributed by atoms with van der Waals surface area (Å²) in [5.74, 6) is -0.280. The molecule has 0 saturated carbocycles. The first-order chi connectivity index (χ1) is 11.1. The lowest BCUT2D eigenvalue weighted by Crippen LogP contribution is -2.31. The number of aromatic nitrogens is 1. The van der Waals surface area contributed by atoms with E-state index >= 15 is 0 Å². The van der Waals surface area contributed by atoms with E-state index in [0.717, 1.165) is 11.1 Å². The Hall–Kier alpha value is -2.66. The Bertz CT molecular complexity index is 854. The van der Waals surface area contributed by atoms with E-state index in [1.54, 1.807) is 35.4 Å². The maximum Gasteiger partial charge on any atom is 0.261 e. The number of benzene rings is 1. The number of pyridine rings is 1. The number of hydrogen-bond acceptors (Lipinski definition) is 3. The van der Waals surface area contributed by atoms with Gasteiger partial charge in [-0.1, -0.05) is 30.3 Å². The summed E-state index contributed by atoms with van der Waals surface area (Å²) in [7, 11) is 1.70. The maximum absolute atomic E-state index is 12.4. The summed E-state index contributed by atoms with van der Waals surface area (Å²) in [6.45, 7) is 0.488. The van der Waals surface area contributed by atoms with Crippen molar-refractivity contribution in [1.82, 2.24) is 9.88 Å². The van der Waals surface area contributed by atoms with E-state index in [2.05, 4.69) is 4.98 Å². The number of amides is 1. The zero-order chi connectivity index (χ0) is 16.2. The summed E-state index contributed by atoms with van der Waals surface area (Å²) in [5.41, 5.74) is 2.46. The molecule has 0 aliphatic rings. The Morgan fingerprint density at radius 1 is 1.13 bits per heavy atom. The van der Waals surface area contributed by atoms with Gasteiger partial charge in [-0.15, -0.1) is 0 Å². The molecular weight excluding hydrogens is 308 g/mol. The molecule has 2 aromatic heterocycles. The van der Waals surface area contributed by atoms with Crippen molar-refractivity contribution >= 4 is 17.2 Å². The molecule has 3 aromatic rings. The Balaban J connectivity index is 1.83. The largest absolute Gasteiger partial charge is 0.337 e. The lowest BCUT2D eigenvalue weighted by molar-refractivity contribution is 0.0783. The second-order valence-electron chi connectivity index (χ2n) is 5.27. The monoisotopic (exact) mass is 324 g/mol. The topological polar surface area (TPSA) is 53.2 Å². The van der Waals surface area contributed by atoms with Crippen LogP contribution in [0.15, 0.2) is 64.1 Å². The summed E-state index contributed by atoms with van der Waals surface area (Å²) in [6.07, 6.45) is 0. The number of H-pyrrole nitrogens is 1. The molecule has 2 heterocycles. The van der Waals surface area contributed by atoms with Gasteiger partial charge in [-0.2, -0.15) is 11.3 Å². The van der Waals surface area contributed by atoms with E-state index in [4.69, 9.17) is 0 Å². The molecule has 0 spiro atoms. The Morgan fingerprint density at radius 3 is 2.57 bits per heavy atom. The minimum atomic E-state index is -0.367. The smallest absolute Gasteiger partial charge is 0.261 e. The first-order valence-electron chi connectivity index (χ1n) is 7.20. The van der Waals surface area contributed by atoms with Gasteiger partial charge in [0.25, 0.3) is 11.5 Å². The van der Waals surface area contributed by atoms with Gasteiger partial charge >= 0.3 is 0 Å². The summed E-state index contributed by atoms with van der Waals surface area (Å²) in [5, 5.41) is 3.96. The normalized spacial score (nSPS) is 10.5. The van der Waals surface area contributed by atoms with E-state index in [1.165, 1.54) is 0 Å². The SMILES string of the molecule is CN(Cc1ccsc1)C(=O)c1ccc(-c2ccccc2)[nH]c1=O. The predicted molar refractivity (Wildman–Crippen MR) is 92.6 cm³/mol. The Kier molecular flexibility index (Phi) is 4.39. The second-order valence-corrected chi connectivity index (χ2v) is 6.05. The van der Waals surface area contributed by atoms with Crippen molar-refractivity contribution in [3.63, 3.8) is 0 Å². The molecule has 0 radical (unpaired) electrons. The molecule has 116 valence electrons. The van der Waals surface area contributed by atoms with E-state index < -0.39 is 0 Å². The molecule has 0 aliphatic heterocycles. The summed E-state index contributed by atoms with van der Waals surface area (Å²) >= 11 is 1.59. The van der Waals surface area contributed by atoms with E-state index in [-0.39, 0.29) is 17.0 Å². The standard InChI is InChI=1S/C18H16N2O2S/c1-20(11-13-9-10-23-12-13)18(22)15-7-8-16(19-17(15)21)14-5-3-2-4-6-14/h2-10,12H,11H2,1H3,(H,19,21). The third-order valence-corrected chi connectivity index (χ3v) is 4.30. The number of carbonyl (C=O) groups is 1. The van der Waals surface area contributed by atoms with Crippen molar-refractivity contribution in [1.29, 1.82) is 0 Å². The van der Waals surface area contributed by atoms with Crippen LogP contribution >= 0.6 is 11.3 Å². The fourth-order valence-electron chi connectivity index (χ4n) is 2.36. The van der Waals surface area contributed by atoms with Gasteiger partial charge in [0.1, 0.15) is 5.56 Å². The molecule has 23 heavy (non-hydrogen) atoms. The minimum Gasteiger partial charge on any atom is -0.337 e. The van der Waals surface area contributed by atoms with E-state index in [0.29, 0.717) is 12.2 Å². The first-order valence-corrected chi connectivity index (χ1v) is 8.15. The van der Waals surface area contributed by atoms with Crippen LogP contribution in [0.1, 0.15) is 15.9 Å². The number of aromatic amines is 1. The third kappa shape index (κ3) is 3.40. The van der Waals surface area contributed by atoms with Crippen LogP contribution in [0, 0.1) is 0 Å². The maximum atomic E-state index is 12.4. The molecule has 1 N–H and O–H groups in total. The fraction of sp³-hybridized carbons (Fsp3) is 0.111. The quantitative estimate of drug-likeness (QED) is 0.800. The molecule has 5 heteroatoms. The van der Waals surface area contributed by atoms with Gasteiger partial charge in [0.2, 0.25) is 0 Å². The molecule has 1 aromatic carbocycles. The predicted octanol–water partition coefficient (Wildman–Crippen LogP) is 3.38. The van der Waals surface area contributed by atoms with Crippen LogP contribution in [-0.4, -0.2) is 22.8 Å². The van der Waals surface area contributed by atoms with Gasteiger partial charge in [-0.25, -0.2) is 0 Å². The highest BCUT2D eigenvalue weighted by Gasteiger charge is 2.16. The third-order valence-electron chi connectivity index (χ3n) is 3.57. The van der Waals surface area contributed by atoms with Crippen LogP contribution in [0.2, 0.25) is 0 Å². The van der Waals surface area contributed by atoms with Crippen molar-refractivity contribution in [2.45, 2.75) is 6.54 Å². The van der Waals surface area contributed by atoms with Crippen molar-refractivity contribution < 1.29 is 4.79 Å². The highest BCUT2D eigenvalue weighted by Crippen LogP contribution is 2.15. The van der Waals surface area contributed by atoms with Crippen molar-refractivity contribution in [2.24, 2.45) is 0 Å². The zero-order valence-corrected chi connectivity index (χ0v) is 13.5. The summed E-state index contributed by atoms with van der Waals surface area (Å²) in [4.78, 5) is 29.0. The molecular formula is C18H16N2O2S. The molecule has 0 atom stereocenters. The first kappa shape index (κ1) is 15.2. The number of thiophene rings is 1. The Labute approximate surface area is 138 Å². The summed E-state index contributed by atoms with van der Waals surface area (Å²) in [6, 6.07) is 14.9. The van der Waals surface area contributed by atoms with Gasteiger partial charge in [0.15, 0.2) is 0 Å². The second kappa shape index (κ2) is 6.62. The Morgan fingerprint density at radius 2 is 1.91 bits per heavy atom. The molecule has 0 fully saturated rings. The average Bonchev–Trinajstić information content (AvgIpc) is 3.08. The number of nitrogens with zero attached hydrogens (tertiary/aromatic N) is 1. The molecule has 0 bridgehead atoms. The van der Waals surface area contributed by atoms with Crippen molar-refractivity contribution in [2.75, 3.05) is 7.05 Å². The van der Waals surface area contributed by atoms with Crippen LogP contribution in [0.4, 0.5) is 0 Å². The van der Waals surface area contributed by atoms with Gasteiger partial charge in [0, 0.05) is 19.3 Å². The number of carbonyl (C=O) groups excluding carboxylic acids is 1. The van der Waals surface area contributed by atoms with E-state index in [1.807, 2.05) is 47.2 Å². The van der Waals surface area contributed by atoms with Crippen LogP contribution in [0.3, 0.4) is 0 Å². The zero-order valence-electron chi connectivity index (χ0n) is 12.7. The van der Waals surface area contributed by atoms with Crippen LogP contribution < -0.4 is 5.56 Å². The van der Waals surface area contributed by atoms with Gasteiger partial charge in [-0.3, -0.25) is 9.59 Å². The summed E-state index contributed by atoms with van der Waals surface area (Å²) < 4.78 is 0. The average molecular weight is 324 g/mol. The van der Waals surface area contributed by atoms with Gasteiger partial charge in [0.05, 0.1) is 0 Å². The fourth-order valence-corrected chi connectivity index (χ4v) is 3.02. The van der Waals surface area contributed by atoms with Gasteiger partial charge in [-0.05, 0) is 40.1 Å². The van der Waals surface area contributed by atoms with Crippen LogP contribution in [0.5, 0.6) is 0 Å². The minimum absolute atomic E-state index is 0.155. The van der Waals surface area contributed by atoms with Crippen LogP contribution in [0.25, 0.3) is 11.3 Å². The van der Waals surface area contributed by atoms with Crippen molar-refractivity contribution in [3.05, 3.63) is 80.8 Å². The molecule has 3 rings (SSSR count). The van der Waals surface area contributed by atoms with Crippen molar-refractivity contribution in [3.8, 4) is 11.3 Å².